The molecule has 6 nitrogen and oxygen atoms in total. The van der Waals surface area contributed by atoms with Crippen LogP contribution in [0, 0.1) is 0 Å². The predicted octanol–water partition coefficient (Wildman–Crippen LogP) is 2.92. The standard InChI is InChI=1S/C18H23N3O3/c1-3-24-18(23)21-10-8-13(9-11-21)19-12-15-14-6-4-5-7-16(14)20(2)17(15)22/h4-7,12-13,22H,3,8-11H2,1-2H3. The lowest BCUT2D eigenvalue weighted by atomic mass is 10.1. The summed E-state index contributed by atoms with van der Waals surface area (Å²) in [5.41, 5.74) is 1.73. The van der Waals surface area contributed by atoms with E-state index in [0.29, 0.717) is 19.7 Å². The van der Waals surface area contributed by atoms with Crippen LogP contribution in [0.4, 0.5) is 4.79 Å². The van der Waals surface area contributed by atoms with E-state index in [2.05, 4.69) is 4.99 Å². The van der Waals surface area contributed by atoms with Gasteiger partial charge in [-0.05, 0) is 25.8 Å². The lowest BCUT2D eigenvalue weighted by molar-refractivity contribution is 0.0975. The average Bonchev–Trinajstić information content (AvgIpc) is 2.85. The Morgan fingerprint density at radius 2 is 2.08 bits per heavy atom. The number of rotatable bonds is 3. The van der Waals surface area contributed by atoms with Gasteiger partial charge in [0.15, 0.2) is 0 Å². The summed E-state index contributed by atoms with van der Waals surface area (Å²) in [6.45, 7) is 3.52. The van der Waals surface area contributed by atoms with E-state index in [-0.39, 0.29) is 18.0 Å². The molecule has 1 amide bonds. The van der Waals surface area contributed by atoms with Crippen LogP contribution < -0.4 is 0 Å². The maximum atomic E-state index is 11.7. The zero-order chi connectivity index (χ0) is 17.1. The van der Waals surface area contributed by atoms with Gasteiger partial charge in [-0.2, -0.15) is 0 Å². The zero-order valence-electron chi connectivity index (χ0n) is 14.1. The van der Waals surface area contributed by atoms with Crippen molar-refractivity contribution < 1.29 is 14.6 Å². The molecule has 0 aliphatic carbocycles. The highest BCUT2D eigenvalue weighted by Crippen LogP contribution is 2.28. The third-order valence-corrected chi connectivity index (χ3v) is 4.52. The Labute approximate surface area is 141 Å². The Morgan fingerprint density at radius 1 is 1.38 bits per heavy atom. The van der Waals surface area contributed by atoms with Gasteiger partial charge < -0.3 is 19.3 Å². The van der Waals surface area contributed by atoms with Gasteiger partial charge in [-0.25, -0.2) is 4.79 Å². The van der Waals surface area contributed by atoms with E-state index < -0.39 is 0 Å². The predicted molar refractivity (Wildman–Crippen MR) is 93.8 cm³/mol. The molecular formula is C18H23N3O3. The van der Waals surface area contributed by atoms with Crippen LogP contribution in [0.5, 0.6) is 5.88 Å². The molecule has 2 heterocycles. The van der Waals surface area contributed by atoms with Crippen molar-refractivity contribution in [2.75, 3.05) is 19.7 Å². The molecule has 0 saturated carbocycles. The van der Waals surface area contributed by atoms with Crippen LogP contribution in [0.1, 0.15) is 25.3 Å². The maximum absolute atomic E-state index is 11.7. The third kappa shape index (κ3) is 3.09. The largest absolute Gasteiger partial charge is 0.494 e. The van der Waals surface area contributed by atoms with E-state index in [1.807, 2.05) is 38.2 Å². The second-order valence-corrected chi connectivity index (χ2v) is 6.01. The summed E-state index contributed by atoms with van der Waals surface area (Å²) in [5.74, 6) is 0.226. The molecule has 1 N–H and O–H groups in total. The monoisotopic (exact) mass is 329 g/mol. The number of aromatic nitrogens is 1. The molecular weight excluding hydrogens is 306 g/mol. The number of para-hydroxylation sites is 1. The summed E-state index contributed by atoms with van der Waals surface area (Å²) in [4.78, 5) is 18.1. The summed E-state index contributed by atoms with van der Waals surface area (Å²) in [7, 11) is 1.84. The van der Waals surface area contributed by atoms with Gasteiger partial charge in [-0.3, -0.25) is 4.99 Å². The molecule has 0 spiro atoms. The molecule has 1 aromatic heterocycles. The molecule has 1 aliphatic heterocycles. The number of fused-ring (bicyclic) bond motifs is 1. The minimum atomic E-state index is -0.244. The number of aliphatic imine (C=N–C) groups is 1. The molecule has 3 rings (SSSR count). The number of amides is 1. The van der Waals surface area contributed by atoms with Gasteiger partial charge in [0, 0.05) is 31.7 Å². The molecule has 0 unspecified atom stereocenters. The number of aromatic hydroxyl groups is 1. The molecule has 0 atom stereocenters. The van der Waals surface area contributed by atoms with Gasteiger partial charge in [0.2, 0.25) is 5.88 Å². The van der Waals surface area contributed by atoms with Gasteiger partial charge in [0.1, 0.15) is 0 Å². The molecule has 2 aromatic rings. The van der Waals surface area contributed by atoms with Gasteiger partial charge in [-0.15, -0.1) is 0 Å². The molecule has 128 valence electrons. The number of hydrogen-bond acceptors (Lipinski definition) is 4. The van der Waals surface area contributed by atoms with E-state index in [4.69, 9.17) is 4.74 Å². The number of piperidine rings is 1. The van der Waals surface area contributed by atoms with Gasteiger partial charge >= 0.3 is 6.09 Å². The quantitative estimate of drug-likeness (QED) is 0.881. The van der Waals surface area contributed by atoms with Crippen LogP contribution >= 0.6 is 0 Å². The van der Waals surface area contributed by atoms with E-state index in [0.717, 1.165) is 29.3 Å². The van der Waals surface area contributed by atoms with Crippen LogP contribution in [0.25, 0.3) is 10.9 Å². The highest BCUT2D eigenvalue weighted by molar-refractivity contribution is 6.02. The van der Waals surface area contributed by atoms with Crippen LogP contribution in [-0.2, 0) is 11.8 Å². The summed E-state index contributed by atoms with van der Waals surface area (Å²) >= 11 is 0. The fourth-order valence-corrected chi connectivity index (χ4v) is 3.13. The Bertz CT molecular complexity index is 758. The number of hydrogen-bond donors (Lipinski definition) is 1. The molecule has 1 aliphatic rings. The molecule has 24 heavy (non-hydrogen) atoms. The Kier molecular flexibility index (Phi) is 4.74. The van der Waals surface area contributed by atoms with Crippen LogP contribution in [0.2, 0.25) is 0 Å². The van der Waals surface area contributed by atoms with Gasteiger partial charge in [0.25, 0.3) is 0 Å². The highest BCUT2D eigenvalue weighted by Gasteiger charge is 2.23. The Morgan fingerprint density at radius 3 is 2.79 bits per heavy atom. The molecule has 6 heteroatoms. The lowest BCUT2D eigenvalue weighted by Gasteiger charge is -2.29. The highest BCUT2D eigenvalue weighted by atomic mass is 16.6. The number of ether oxygens (including phenoxy) is 1. The summed E-state index contributed by atoms with van der Waals surface area (Å²) < 4.78 is 6.79. The van der Waals surface area contributed by atoms with E-state index in [9.17, 15) is 9.90 Å². The Hall–Kier alpha value is -2.50. The minimum absolute atomic E-state index is 0.161. The lowest BCUT2D eigenvalue weighted by Crippen LogP contribution is -2.40. The molecule has 0 radical (unpaired) electrons. The first kappa shape index (κ1) is 16.4. The van der Waals surface area contributed by atoms with Crippen molar-refractivity contribution in [3.8, 4) is 5.88 Å². The summed E-state index contributed by atoms with van der Waals surface area (Å²) in [6.07, 6.45) is 3.14. The third-order valence-electron chi connectivity index (χ3n) is 4.52. The first-order chi connectivity index (χ1) is 11.6. The normalized spacial score (nSPS) is 16.2. The number of aryl methyl sites for hydroxylation is 1. The number of nitrogens with zero attached hydrogens (tertiary/aromatic N) is 3. The summed E-state index contributed by atoms with van der Waals surface area (Å²) in [6, 6.07) is 8.03. The summed E-state index contributed by atoms with van der Waals surface area (Å²) in [5, 5.41) is 11.3. The number of benzene rings is 1. The van der Waals surface area contributed by atoms with Crippen molar-refractivity contribution in [3.05, 3.63) is 29.8 Å². The SMILES string of the molecule is CCOC(=O)N1CCC(N=Cc2c(O)n(C)c3ccccc23)CC1. The molecule has 1 saturated heterocycles. The topological polar surface area (TPSA) is 67.1 Å². The maximum Gasteiger partial charge on any atom is 0.409 e. The number of carbonyl (C=O) groups excluding carboxylic acids is 1. The van der Waals surface area contributed by atoms with Gasteiger partial charge in [0.05, 0.1) is 23.7 Å². The smallest absolute Gasteiger partial charge is 0.409 e. The molecule has 1 fully saturated rings. The van der Waals surface area contributed by atoms with Crippen molar-refractivity contribution in [3.63, 3.8) is 0 Å². The Balaban J connectivity index is 1.70. The fourth-order valence-electron chi connectivity index (χ4n) is 3.13. The first-order valence-electron chi connectivity index (χ1n) is 8.33. The van der Waals surface area contributed by atoms with Gasteiger partial charge in [-0.1, -0.05) is 18.2 Å². The number of carbonyl (C=O) groups is 1. The minimum Gasteiger partial charge on any atom is -0.494 e. The average molecular weight is 329 g/mol. The van der Waals surface area contributed by atoms with Crippen LogP contribution in [-0.4, -0.2) is 52.6 Å². The fraction of sp³-hybridized carbons (Fsp3) is 0.444. The second kappa shape index (κ2) is 6.95. The van der Waals surface area contributed by atoms with Crippen molar-refractivity contribution in [2.45, 2.75) is 25.8 Å². The van der Waals surface area contributed by atoms with E-state index >= 15 is 0 Å². The van der Waals surface area contributed by atoms with Crippen LogP contribution in [0.3, 0.4) is 0 Å². The zero-order valence-corrected chi connectivity index (χ0v) is 14.1. The van der Waals surface area contributed by atoms with Crippen LogP contribution in [0.15, 0.2) is 29.3 Å². The van der Waals surface area contributed by atoms with E-state index in [1.54, 1.807) is 15.7 Å². The molecule has 0 bridgehead atoms. The van der Waals surface area contributed by atoms with Crippen molar-refractivity contribution in [1.82, 2.24) is 9.47 Å². The number of likely N-dealkylation sites (tertiary alicyclic amines) is 1. The first-order valence-corrected chi connectivity index (χ1v) is 8.33. The van der Waals surface area contributed by atoms with Crippen molar-refractivity contribution >= 4 is 23.2 Å². The van der Waals surface area contributed by atoms with E-state index in [1.165, 1.54) is 0 Å². The second-order valence-electron chi connectivity index (χ2n) is 6.01. The van der Waals surface area contributed by atoms with Crippen molar-refractivity contribution in [2.24, 2.45) is 12.0 Å². The van der Waals surface area contributed by atoms with Crippen molar-refractivity contribution in [1.29, 1.82) is 0 Å². The molecule has 1 aromatic carbocycles.